The average Bonchev–Trinajstić information content (AvgIpc) is 2.46. The van der Waals surface area contributed by atoms with E-state index >= 15 is 0 Å². The average molecular weight is 328 g/mol. The molecule has 1 heterocycles. The summed E-state index contributed by atoms with van der Waals surface area (Å²) in [5, 5.41) is 11.8. The van der Waals surface area contributed by atoms with Crippen molar-refractivity contribution in [2.45, 2.75) is 51.5 Å². The summed E-state index contributed by atoms with van der Waals surface area (Å²) in [6.45, 7) is 4.82. The second-order valence-corrected chi connectivity index (χ2v) is 6.48. The summed E-state index contributed by atoms with van der Waals surface area (Å²) in [7, 11) is 1.47. The second kappa shape index (κ2) is 8.86. The maximum absolute atomic E-state index is 12.5. The van der Waals surface area contributed by atoms with Gasteiger partial charge in [0.05, 0.1) is 24.5 Å². The van der Waals surface area contributed by atoms with Gasteiger partial charge in [0.2, 0.25) is 11.8 Å². The molecule has 2 atom stereocenters. The summed E-state index contributed by atoms with van der Waals surface area (Å²) in [4.78, 5) is 37.2. The predicted octanol–water partition coefficient (Wildman–Crippen LogP) is 1.02. The normalized spacial score (nSPS) is 20.7. The van der Waals surface area contributed by atoms with Crippen molar-refractivity contribution in [3.8, 4) is 0 Å². The van der Waals surface area contributed by atoms with Gasteiger partial charge in [-0.05, 0) is 26.2 Å². The number of rotatable bonds is 8. The van der Waals surface area contributed by atoms with Crippen molar-refractivity contribution >= 4 is 17.8 Å². The predicted molar refractivity (Wildman–Crippen MR) is 84.9 cm³/mol. The van der Waals surface area contributed by atoms with E-state index < -0.39 is 11.5 Å². The molecule has 23 heavy (non-hydrogen) atoms. The molecular weight excluding hydrogens is 300 g/mol. The number of carbonyl (C=O) groups is 3. The summed E-state index contributed by atoms with van der Waals surface area (Å²) in [5.41, 5.74) is -0.951. The van der Waals surface area contributed by atoms with Gasteiger partial charge in [0.25, 0.3) is 0 Å². The third-order valence-corrected chi connectivity index (χ3v) is 4.04. The quantitative estimate of drug-likeness (QED) is 0.693. The number of amides is 2. The summed E-state index contributed by atoms with van der Waals surface area (Å²) in [5.74, 6) is -1.42. The Morgan fingerprint density at radius 3 is 2.65 bits per heavy atom. The number of hydrogen-bond donors (Lipinski definition) is 2. The number of piperidine rings is 1. The number of methoxy groups -OCH3 is 1. The van der Waals surface area contributed by atoms with E-state index in [0.29, 0.717) is 25.9 Å². The van der Waals surface area contributed by atoms with Crippen LogP contribution in [0.25, 0.3) is 0 Å². The number of carboxylic acids is 1. The highest BCUT2D eigenvalue weighted by atomic mass is 16.5. The first-order valence-corrected chi connectivity index (χ1v) is 8.12. The highest BCUT2D eigenvalue weighted by Gasteiger charge is 2.34. The molecule has 2 unspecified atom stereocenters. The van der Waals surface area contributed by atoms with E-state index in [9.17, 15) is 14.4 Å². The Balaban J connectivity index is 2.67. The van der Waals surface area contributed by atoms with Crippen molar-refractivity contribution in [2.24, 2.45) is 5.92 Å². The highest BCUT2D eigenvalue weighted by molar-refractivity contribution is 5.82. The molecule has 1 fully saturated rings. The first-order chi connectivity index (χ1) is 10.8. The Bertz CT molecular complexity index is 440. The Morgan fingerprint density at radius 2 is 2.09 bits per heavy atom. The monoisotopic (exact) mass is 328 g/mol. The van der Waals surface area contributed by atoms with Gasteiger partial charge >= 0.3 is 5.97 Å². The third kappa shape index (κ3) is 6.17. The number of ether oxygens (including phenoxy) is 1. The Hall–Kier alpha value is -1.63. The second-order valence-electron chi connectivity index (χ2n) is 6.48. The minimum atomic E-state index is -0.992. The van der Waals surface area contributed by atoms with E-state index in [-0.39, 0.29) is 30.8 Å². The molecule has 7 heteroatoms. The maximum Gasteiger partial charge on any atom is 0.305 e. The van der Waals surface area contributed by atoms with Crippen molar-refractivity contribution in [3.63, 3.8) is 0 Å². The summed E-state index contributed by atoms with van der Waals surface area (Å²) < 4.78 is 5.04. The first kappa shape index (κ1) is 19.4. The SMILES string of the molecule is CCCC(=O)N1CCCC(C(=O)NC(C)(COC)CC(=O)O)C1. The number of nitrogens with one attached hydrogen (secondary N) is 1. The minimum Gasteiger partial charge on any atom is -0.481 e. The van der Waals surface area contributed by atoms with Crippen molar-refractivity contribution in [1.82, 2.24) is 10.2 Å². The first-order valence-electron chi connectivity index (χ1n) is 8.12. The van der Waals surface area contributed by atoms with E-state index in [1.807, 2.05) is 6.92 Å². The van der Waals surface area contributed by atoms with Crippen LogP contribution in [0.1, 0.15) is 46.0 Å². The van der Waals surface area contributed by atoms with Gasteiger partial charge in [-0.1, -0.05) is 6.92 Å². The molecule has 1 saturated heterocycles. The van der Waals surface area contributed by atoms with Crippen LogP contribution in [0, 0.1) is 5.92 Å². The molecule has 1 aliphatic rings. The van der Waals surface area contributed by atoms with Crippen LogP contribution >= 0.6 is 0 Å². The molecule has 0 aromatic rings. The van der Waals surface area contributed by atoms with Gasteiger partial charge in [0.15, 0.2) is 0 Å². The van der Waals surface area contributed by atoms with Crippen molar-refractivity contribution in [3.05, 3.63) is 0 Å². The van der Waals surface area contributed by atoms with Crippen molar-refractivity contribution < 1.29 is 24.2 Å². The molecule has 0 radical (unpaired) electrons. The van der Waals surface area contributed by atoms with Crippen molar-refractivity contribution in [1.29, 1.82) is 0 Å². The zero-order chi connectivity index (χ0) is 17.5. The summed E-state index contributed by atoms with van der Waals surface area (Å²) in [6.07, 6.45) is 2.56. The van der Waals surface area contributed by atoms with Gasteiger partial charge in [-0.2, -0.15) is 0 Å². The largest absolute Gasteiger partial charge is 0.481 e. The van der Waals surface area contributed by atoms with Gasteiger partial charge in [-0.15, -0.1) is 0 Å². The standard InChI is InChI=1S/C16H28N2O5/c1-4-6-13(19)18-8-5-7-12(10-18)15(22)17-16(2,11-23-3)9-14(20)21/h12H,4-11H2,1-3H3,(H,17,22)(H,20,21). The van der Waals surface area contributed by atoms with E-state index in [1.54, 1.807) is 11.8 Å². The van der Waals surface area contributed by atoms with Crippen LogP contribution in [0.5, 0.6) is 0 Å². The smallest absolute Gasteiger partial charge is 0.305 e. The topological polar surface area (TPSA) is 95.9 Å². The maximum atomic E-state index is 12.5. The molecule has 2 amide bonds. The molecule has 1 aliphatic heterocycles. The lowest BCUT2D eigenvalue weighted by Gasteiger charge is -2.35. The highest BCUT2D eigenvalue weighted by Crippen LogP contribution is 2.20. The molecule has 1 rings (SSSR count). The van der Waals surface area contributed by atoms with Crippen LogP contribution in [0.4, 0.5) is 0 Å². The fourth-order valence-corrected chi connectivity index (χ4v) is 2.97. The lowest BCUT2D eigenvalue weighted by atomic mass is 9.93. The molecule has 0 spiro atoms. The zero-order valence-electron chi connectivity index (χ0n) is 14.3. The number of nitrogens with zero attached hydrogens (tertiary/aromatic N) is 1. The lowest BCUT2D eigenvalue weighted by Crippen LogP contribution is -2.55. The van der Waals surface area contributed by atoms with Gasteiger partial charge < -0.3 is 20.1 Å². The van der Waals surface area contributed by atoms with Crippen LogP contribution in [-0.4, -0.2) is 60.1 Å². The van der Waals surface area contributed by atoms with Gasteiger partial charge in [-0.3, -0.25) is 14.4 Å². The summed E-state index contributed by atoms with van der Waals surface area (Å²) in [6, 6.07) is 0. The molecule has 0 saturated carbocycles. The lowest BCUT2D eigenvalue weighted by molar-refractivity contribution is -0.140. The number of hydrogen-bond acceptors (Lipinski definition) is 4. The van der Waals surface area contributed by atoms with Crippen LogP contribution in [0.3, 0.4) is 0 Å². The minimum absolute atomic E-state index is 0.0789. The molecule has 7 nitrogen and oxygen atoms in total. The van der Waals surface area contributed by atoms with Crippen LogP contribution in [0.15, 0.2) is 0 Å². The van der Waals surface area contributed by atoms with E-state index in [2.05, 4.69) is 5.32 Å². The van der Waals surface area contributed by atoms with Gasteiger partial charge in [0.1, 0.15) is 0 Å². The number of aliphatic carboxylic acids is 1. The summed E-state index contributed by atoms with van der Waals surface area (Å²) >= 11 is 0. The zero-order valence-corrected chi connectivity index (χ0v) is 14.3. The fraction of sp³-hybridized carbons (Fsp3) is 0.812. The fourth-order valence-electron chi connectivity index (χ4n) is 2.97. The third-order valence-electron chi connectivity index (χ3n) is 4.04. The number of carbonyl (C=O) groups excluding carboxylic acids is 2. The van der Waals surface area contributed by atoms with Crippen molar-refractivity contribution in [2.75, 3.05) is 26.8 Å². The molecular formula is C16H28N2O5. The Kier molecular flexibility index (Phi) is 7.48. The van der Waals surface area contributed by atoms with E-state index in [4.69, 9.17) is 9.84 Å². The van der Waals surface area contributed by atoms with Gasteiger partial charge in [0, 0.05) is 26.6 Å². The molecule has 0 bridgehead atoms. The van der Waals surface area contributed by atoms with E-state index in [1.165, 1.54) is 7.11 Å². The number of likely N-dealkylation sites (tertiary alicyclic amines) is 1. The molecule has 0 aromatic carbocycles. The van der Waals surface area contributed by atoms with E-state index in [0.717, 1.165) is 12.8 Å². The van der Waals surface area contributed by atoms with Crippen LogP contribution in [-0.2, 0) is 19.1 Å². The van der Waals surface area contributed by atoms with Crippen LogP contribution < -0.4 is 5.32 Å². The number of carboxylic acid groups (broad SMARTS) is 1. The Labute approximate surface area is 137 Å². The molecule has 132 valence electrons. The van der Waals surface area contributed by atoms with Gasteiger partial charge in [-0.25, -0.2) is 0 Å². The molecule has 0 aromatic heterocycles. The Morgan fingerprint density at radius 1 is 1.39 bits per heavy atom. The molecule has 0 aliphatic carbocycles. The van der Waals surface area contributed by atoms with Crippen LogP contribution in [0.2, 0.25) is 0 Å². The molecule has 2 N–H and O–H groups in total.